The van der Waals surface area contributed by atoms with Gasteiger partial charge in [0, 0.05) is 30.0 Å². The molecule has 1 saturated heterocycles. The van der Waals surface area contributed by atoms with Gasteiger partial charge in [-0.3, -0.25) is 9.78 Å². The lowest BCUT2D eigenvalue weighted by Gasteiger charge is -2.32. The SMILES string of the molecule is Cc1ccc(Cl)cc1NC(=O)c1cncc(N2CCCC(C)C2)c1. The molecule has 4 nitrogen and oxygen atoms in total. The second-order valence-corrected chi connectivity index (χ2v) is 6.98. The molecule has 1 aliphatic rings. The molecule has 1 unspecified atom stereocenters. The number of pyridine rings is 1. The lowest BCUT2D eigenvalue weighted by Crippen LogP contribution is -2.34. The summed E-state index contributed by atoms with van der Waals surface area (Å²) < 4.78 is 0. The molecule has 0 bridgehead atoms. The summed E-state index contributed by atoms with van der Waals surface area (Å²) in [6.07, 6.45) is 5.88. The molecule has 0 aliphatic carbocycles. The molecule has 1 atom stereocenters. The number of carbonyl (C=O) groups excluding carboxylic acids is 1. The second kappa shape index (κ2) is 7.22. The Morgan fingerprint density at radius 2 is 2.17 bits per heavy atom. The third-order valence-electron chi connectivity index (χ3n) is 4.46. The maximum atomic E-state index is 12.6. The van der Waals surface area contributed by atoms with Crippen LogP contribution >= 0.6 is 11.6 Å². The van der Waals surface area contributed by atoms with Crippen molar-refractivity contribution in [1.82, 2.24) is 4.98 Å². The molecular weight excluding hydrogens is 322 g/mol. The number of aryl methyl sites for hydroxylation is 1. The third-order valence-corrected chi connectivity index (χ3v) is 4.69. The van der Waals surface area contributed by atoms with E-state index >= 15 is 0 Å². The minimum Gasteiger partial charge on any atom is -0.370 e. The summed E-state index contributed by atoms with van der Waals surface area (Å²) in [6, 6.07) is 7.38. The van der Waals surface area contributed by atoms with E-state index in [0.29, 0.717) is 16.5 Å². The Bertz CT molecular complexity index is 747. The molecule has 0 saturated carbocycles. The van der Waals surface area contributed by atoms with E-state index in [1.165, 1.54) is 12.8 Å². The number of nitrogens with zero attached hydrogens (tertiary/aromatic N) is 2. The first kappa shape index (κ1) is 16.8. The summed E-state index contributed by atoms with van der Waals surface area (Å²) in [5, 5.41) is 3.53. The minimum absolute atomic E-state index is 0.167. The van der Waals surface area contributed by atoms with Gasteiger partial charge >= 0.3 is 0 Å². The van der Waals surface area contributed by atoms with Crippen LogP contribution in [0.3, 0.4) is 0 Å². The molecule has 2 aromatic rings. The van der Waals surface area contributed by atoms with Crippen molar-refractivity contribution in [3.05, 3.63) is 52.8 Å². The van der Waals surface area contributed by atoms with Gasteiger partial charge in [0.15, 0.2) is 0 Å². The first-order valence-electron chi connectivity index (χ1n) is 8.30. The van der Waals surface area contributed by atoms with E-state index in [0.717, 1.165) is 30.0 Å². The normalized spacial score (nSPS) is 17.6. The monoisotopic (exact) mass is 343 g/mol. The Labute approximate surface area is 147 Å². The zero-order valence-corrected chi connectivity index (χ0v) is 14.8. The summed E-state index contributed by atoms with van der Waals surface area (Å²) >= 11 is 6.02. The van der Waals surface area contributed by atoms with Crippen LogP contribution in [-0.2, 0) is 0 Å². The van der Waals surface area contributed by atoms with Crippen molar-refractivity contribution in [2.75, 3.05) is 23.3 Å². The molecule has 5 heteroatoms. The number of aromatic nitrogens is 1. The Morgan fingerprint density at radius 3 is 2.96 bits per heavy atom. The molecule has 1 aromatic heterocycles. The molecule has 1 N–H and O–H groups in total. The zero-order valence-electron chi connectivity index (χ0n) is 14.1. The molecule has 1 amide bonds. The second-order valence-electron chi connectivity index (χ2n) is 6.54. The summed E-state index contributed by atoms with van der Waals surface area (Å²) in [5.41, 5.74) is 3.27. The van der Waals surface area contributed by atoms with Crippen molar-refractivity contribution in [2.24, 2.45) is 5.92 Å². The first-order valence-corrected chi connectivity index (χ1v) is 8.68. The van der Waals surface area contributed by atoms with Gasteiger partial charge in [-0.05, 0) is 49.4 Å². The van der Waals surface area contributed by atoms with Gasteiger partial charge in [0.2, 0.25) is 0 Å². The highest BCUT2D eigenvalue weighted by Crippen LogP contribution is 2.24. The summed E-state index contributed by atoms with van der Waals surface area (Å²) in [7, 11) is 0. The summed E-state index contributed by atoms with van der Waals surface area (Å²) in [4.78, 5) is 19.1. The van der Waals surface area contributed by atoms with Crippen LogP contribution in [0.15, 0.2) is 36.7 Å². The topological polar surface area (TPSA) is 45.2 Å². The predicted molar refractivity (Wildman–Crippen MR) is 99.0 cm³/mol. The van der Waals surface area contributed by atoms with E-state index in [1.807, 2.05) is 31.3 Å². The van der Waals surface area contributed by atoms with E-state index < -0.39 is 0 Å². The first-order chi connectivity index (χ1) is 11.5. The lowest BCUT2D eigenvalue weighted by atomic mass is 10.00. The van der Waals surface area contributed by atoms with Crippen LogP contribution in [0.2, 0.25) is 5.02 Å². The van der Waals surface area contributed by atoms with Gasteiger partial charge in [0.25, 0.3) is 5.91 Å². The Hall–Kier alpha value is -2.07. The number of hydrogen-bond donors (Lipinski definition) is 1. The highest BCUT2D eigenvalue weighted by molar-refractivity contribution is 6.31. The van der Waals surface area contributed by atoms with Gasteiger partial charge < -0.3 is 10.2 Å². The number of anilines is 2. The average molecular weight is 344 g/mol. The van der Waals surface area contributed by atoms with Gasteiger partial charge in [0.1, 0.15) is 0 Å². The van der Waals surface area contributed by atoms with Crippen LogP contribution < -0.4 is 10.2 Å². The Morgan fingerprint density at radius 1 is 1.33 bits per heavy atom. The third kappa shape index (κ3) is 3.88. The van der Waals surface area contributed by atoms with Gasteiger partial charge in [0.05, 0.1) is 17.4 Å². The number of hydrogen-bond acceptors (Lipinski definition) is 3. The van der Waals surface area contributed by atoms with Crippen molar-refractivity contribution < 1.29 is 4.79 Å². The number of nitrogens with one attached hydrogen (secondary N) is 1. The number of benzene rings is 1. The highest BCUT2D eigenvalue weighted by Gasteiger charge is 2.18. The average Bonchev–Trinajstić information content (AvgIpc) is 2.58. The smallest absolute Gasteiger partial charge is 0.257 e. The highest BCUT2D eigenvalue weighted by atomic mass is 35.5. The van der Waals surface area contributed by atoms with Crippen molar-refractivity contribution in [3.63, 3.8) is 0 Å². The number of rotatable bonds is 3. The molecule has 126 valence electrons. The number of halogens is 1. The van der Waals surface area contributed by atoms with Gasteiger partial charge in [-0.1, -0.05) is 24.6 Å². The fraction of sp³-hybridized carbons (Fsp3) is 0.368. The van der Waals surface area contributed by atoms with E-state index in [9.17, 15) is 4.79 Å². The quantitative estimate of drug-likeness (QED) is 0.890. The number of amides is 1. The molecule has 24 heavy (non-hydrogen) atoms. The van der Waals surface area contributed by atoms with Crippen LogP contribution in [0.4, 0.5) is 11.4 Å². The molecule has 0 radical (unpaired) electrons. The number of carbonyl (C=O) groups is 1. The zero-order chi connectivity index (χ0) is 17.1. The van der Waals surface area contributed by atoms with E-state index in [2.05, 4.69) is 22.1 Å². The van der Waals surface area contributed by atoms with Crippen LogP contribution in [-0.4, -0.2) is 24.0 Å². The minimum atomic E-state index is -0.167. The molecule has 1 aromatic carbocycles. The largest absolute Gasteiger partial charge is 0.370 e. The van der Waals surface area contributed by atoms with Gasteiger partial charge in [-0.2, -0.15) is 0 Å². The maximum Gasteiger partial charge on any atom is 0.257 e. The van der Waals surface area contributed by atoms with Crippen molar-refractivity contribution in [1.29, 1.82) is 0 Å². The van der Waals surface area contributed by atoms with E-state index in [1.54, 1.807) is 12.3 Å². The summed E-state index contributed by atoms with van der Waals surface area (Å²) in [6.45, 7) is 6.23. The fourth-order valence-electron chi connectivity index (χ4n) is 3.07. The van der Waals surface area contributed by atoms with Gasteiger partial charge in [-0.25, -0.2) is 0 Å². The molecule has 1 aliphatic heterocycles. The van der Waals surface area contributed by atoms with Crippen molar-refractivity contribution in [3.8, 4) is 0 Å². The summed E-state index contributed by atoms with van der Waals surface area (Å²) in [5.74, 6) is 0.505. The van der Waals surface area contributed by atoms with Gasteiger partial charge in [-0.15, -0.1) is 0 Å². The Kier molecular flexibility index (Phi) is 5.05. The van der Waals surface area contributed by atoms with Crippen molar-refractivity contribution >= 4 is 28.9 Å². The molecule has 2 heterocycles. The van der Waals surface area contributed by atoms with Crippen LogP contribution in [0.5, 0.6) is 0 Å². The van der Waals surface area contributed by atoms with Crippen LogP contribution in [0.25, 0.3) is 0 Å². The Balaban J connectivity index is 1.78. The standard InChI is InChI=1S/C19H22ClN3O/c1-13-4-3-7-23(12-13)17-8-15(10-21-11-17)19(24)22-18-9-16(20)6-5-14(18)2/h5-6,8-11,13H,3-4,7,12H2,1-2H3,(H,22,24). The molecule has 0 spiro atoms. The van der Waals surface area contributed by atoms with E-state index in [4.69, 9.17) is 11.6 Å². The molecule has 1 fully saturated rings. The van der Waals surface area contributed by atoms with Crippen LogP contribution in [0, 0.1) is 12.8 Å². The molecule has 3 rings (SSSR count). The maximum absolute atomic E-state index is 12.6. The van der Waals surface area contributed by atoms with E-state index in [-0.39, 0.29) is 5.91 Å². The predicted octanol–water partition coefficient (Wildman–Crippen LogP) is 4.53. The van der Waals surface area contributed by atoms with Crippen LogP contribution in [0.1, 0.15) is 35.7 Å². The fourth-order valence-corrected chi connectivity index (χ4v) is 3.24. The van der Waals surface area contributed by atoms with Crippen molar-refractivity contribution in [2.45, 2.75) is 26.7 Å². The lowest BCUT2D eigenvalue weighted by molar-refractivity contribution is 0.102. The molecular formula is C19H22ClN3O. The number of piperidine rings is 1.